The average Bonchev–Trinajstić information content (AvgIpc) is 3.26. The molecule has 0 aromatic heterocycles. The second-order valence-electron chi connectivity index (χ2n) is 17.8. The number of carbonyl (C=O) groups is 2. The first kappa shape index (κ1) is 57.6. The number of hydrogen-bond donors (Lipinski definition) is 1. The molecule has 1 rings (SSSR count). The number of hydrogen-bond acceptors (Lipinski definition) is 6. The molecule has 0 radical (unpaired) electrons. The maximum absolute atomic E-state index is 13.1. The molecule has 0 unspecified atom stereocenters. The molecule has 0 aliphatic rings. The van der Waals surface area contributed by atoms with Gasteiger partial charge < -0.3 is 9.47 Å². The van der Waals surface area contributed by atoms with Crippen LogP contribution < -0.4 is 0 Å². The molecule has 7 nitrogen and oxygen atoms in total. The van der Waals surface area contributed by atoms with Gasteiger partial charge >= 0.3 is 11.9 Å². The molecule has 0 aliphatic heterocycles. The Morgan fingerprint density at radius 2 is 0.726 bits per heavy atom. The van der Waals surface area contributed by atoms with Gasteiger partial charge in [-0.15, -0.1) is 0 Å². The minimum Gasteiger partial charge on any atom is -0.462 e. The van der Waals surface area contributed by atoms with Gasteiger partial charge in [-0.2, -0.15) is 8.42 Å². The van der Waals surface area contributed by atoms with E-state index in [9.17, 15) is 22.6 Å². The maximum Gasteiger partial charge on any atom is 0.340 e. The van der Waals surface area contributed by atoms with E-state index in [4.69, 9.17) is 9.47 Å². The predicted molar refractivity (Wildman–Crippen MR) is 262 cm³/mol. The van der Waals surface area contributed by atoms with Crippen molar-refractivity contribution in [1.82, 2.24) is 0 Å². The molecule has 0 atom stereocenters. The van der Waals surface area contributed by atoms with E-state index < -0.39 is 32.5 Å². The SMILES string of the molecule is CCCCCCCCCCCCCCC/C=C/CCCCCCOC(=O)c1cccc(S(=O)(=O)O)c1C(=O)OCCCCCC/C=C/CCCCCCCCCCCCCCC. The zero-order chi connectivity index (χ0) is 45.0. The lowest BCUT2D eigenvalue weighted by Crippen LogP contribution is -2.19. The molecule has 0 saturated carbocycles. The Hall–Kier alpha value is -2.45. The number of ether oxygens (including phenoxy) is 2. The number of allylic oxidation sites excluding steroid dienone is 4. The van der Waals surface area contributed by atoms with Gasteiger partial charge in [0.2, 0.25) is 0 Å². The molecule has 0 fully saturated rings. The molecule has 8 heteroatoms. The summed E-state index contributed by atoms with van der Waals surface area (Å²) in [5, 5.41) is 0. The topological polar surface area (TPSA) is 107 Å². The van der Waals surface area contributed by atoms with Gasteiger partial charge in [-0.1, -0.05) is 224 Å². The number of benzene rings is 1. The molecule has 1 N–H and O–H groups in total. The second kappa shape index (κ2) is 42.5. The zero-order valence-corrected chi connectivity index (χ0v) is 40.9. The Morgan fingerprint density at radius 3 is 1.05 bits per heavy atom. The number of unbranched alkanes of at least 4 members (excludes halogenated alkanes) is 34. The van der Waals surface area contributed by atoms with Crippen LogP contribution in [0.2, 0.25) is 0 Å². The van der Waals surface area contributed by atoms with Gasteiger partial charge in [-0.25, -0.2) is 9.59 Å². The number of carbonyl (C=O) groups excluding carboxylic acids is 2. The third-order valence-corrected chi connectivity index (χ3v) is 12.9. The Balaban J connectivity index is 2.16. The number of esters is 2. The Bertz CT molecular complexity index is 1370. The third kappa shape index (κ3) is 34.0. The van der Waals surface area contributed by atoms with Gasteiger partial charge in [0.25, 0.3) is 10.1 Å². The van der Waals surface area contributed by atoms with Crippen molar-refractivity contribution in [2.75, 3.05) is 13.2 Å². The minimum atomic E-state index is -4.78. The van der Waals surface area contributed by atoms with E-state index in [0.717, 1.165) is 70.3 Å². The van der Waals surface area contributed by atoms with E-state index in [2.05, 4.69) is 38.2 Å². The van der Waals surface area contributed by atoms with Crippen molar-refractivity contribution in [1.29, 1.82) is 0 Å². The van der Waals surface area contributed by atoms with Crippen LogP contribution in [0, 0.1) is 0 Å². The molecule has 0 bridgehead atoms. The van der Waals surface area contributed by atoms with Gasteiger partial charge in [0.15, 0.2) is 0 Å². The third-order valence-electron chi connectivity index (χ3n) is 12.0. The van der Waals surface area contributed by atoms with Gasteiger partial charge in [0.1, 0.15) is 4.90 Å². The van der Waals surface area contributed by atoms with Crippen molar-refractivity contribution in [2.24, 2.45) is 0 Å². The molecule has 0 aliphatic carbocycles. The smallest absolute Gasteiger partial charge is 0.340 e. The summed E-state index contributed by atoms with van der Waals surface area (Å²) in [7, 11) is -4.78. The van der Waals surface area contributed by atoms with E-state index in [0.29, 0.717) is 12.8 Å². The highest BCUT2D eigenvalue weighted by atomic mass is 32.2. The lowest BCUT2D eigenvalue weighted by atomic mass is 10.0. The molecule has 358 valence electrons. The van der Waals surface area contributed by atoms with Crippen LogP contribution in [0.5, 0.6) is 0 Å². The average molecular weight is 887 g/mol. The summed E-state index contributed by atoms with van der Waals surface area (Å²) in [6.07, 6.45) is 56.5. The van der Waals surface area contributed by atoms with Crippen molar-refractivity contribution in [2.45, 2.75) is 263 Å². The van der Waals surface area contributed by atoms with Gasteiger partial charge in [-0.05, 0) is 76.3 Å². The molecule has 0 saturated heterocycles. The van der Waals surface area contributed by atoms with Crippen molar-refractivity contribution < 1.29 is 32.0 Å². The van der Waals surface area contributed by atoms with E-state index in [1.807, 2.05) is 0 Å². The quantitative estimate of drug-likeness (QED) is 0.0301. The lowest BCUT2D eigenvalue weighted by molar-refractivity contribution is 0.0446. The van der Waals surface area contributed by atoms with E-state index in [1.165, 1.54) is 179 Å². The second-order valence-corrected chi connectivity index (χ2v) is 19.2. The highest BCUT2D eigenvalue weighted by molar-refractivity contribution is 7.86. The van der Waals surface area contributed by atoms with E-state index in [1.54, 1.807) is 0 Å². The first-order chi connectivity index (χ1) is 30.3. The lowest BCUT2D eigenvalue weighted by Gasteiger charge is -2.13. The highest BCUT2D eigenvalue weighted by Crippen LogP contribution is 2.23. The normalized spacial score (nSPS) is 11.9. The standard InChI is InChI=1S/C54H94O7S/c1-3-5-7-9-11-13-15-17-19-21-23-25-27-29-31-33-35-37-39-41-43-48-60-53(55)50-46-45-47-51(62(57,58)59)52(50)54(56)61-49-44-42-40-38-36-34-32-30-28-26-24-22-20-18-16-14-12-10-8-6-4-2/h31-34,45-47H,3-30,35-44,48-49H2,1-2H3,(H,57,58,59)/b33-31+,34-32+. The zero-order valence-electron chi connectivity index (χ0n) is 40.1. The van der Waals surface area contributed by atoms with Crippen LogP contribution in [-0.2, 0) is 19.6 Å². The molecule has 1 aromatic carbocycles. The summed E-state index contributed by atoms with van der Waals surface area (Å²) in [5.41, 5.74) is -0.691. The van der Waals surface area contributed by atoms with E-state index in [-0.39, 0.29) is 18.8 Å². The summed E-state index contributed by atoms with van der Waals surface area (Å²) in [6, 6.07) is 3.75. The fourth-order valence-corrected chi connectivity index (χ4v) is 8.78. The first-order valence-corrected chi connectivity index (χ1v) is 27.5. The predicted octanol–water partition coefficient (Wildman–Crippen LogP) is 17.2. The monoisotopic (exact) mass is 887 g/mol. The molecular formula is C54H94O7S. The largest absolute Gasteiger partial charge is 0.462 e. The summed E-state index contributed by atoms with van der Waals surface area (Å²) in [4.78, 5) is 25.5. The van der Waals surface area contributed by atoms with Gasteiger partial charge in [-0.3, -0.25) is 4.55 Å². The Morgan fingerprint density at radius 1 is 0.435 bits per heavy atom. The molecule has 1 aromatic rings. The maximum atomic E-state index is 13.1. The van der Waals surface area contributed by atoms with Crippen molar-refractivity contribution >= 4 is 22.1 Å². The first-order valence-electron chi connectivity index (χ1n) is 26.1. The van der Waals surface area contributed by atoms with Crippen molar-refractivity contribution in [3.8, 4) is 0 Å². The Kier molecular flexibility index (Phi) is 39.5. The van der Waals surface area contributed by atoms with Crippen LogP contribution in [0.15, 0.2) is 47.4 Å². The number of rotatable bonds is 45. The summed E-state index contributed by atoms with van der Waals surface area (Å²) in [5.74, 6) is -1.76. The molecule has 0 heterocycles. The van der Waals surface area contributed by atoms with Crippen LogP contribution >= 0.6 is 0 Å². The highest BCUT2D eigenvalue weighted by Gasteiger charge is 2.28. The summed E-state index contributed by atoms with van der Waals surface area (Å²) >= 11 is 0. The van der Waals surface area contributed by atoms with Gasteiger partial charge in [0.05, 0.1) is 24.3 Å². The van der Waals surface area contributed by atoms with Crippen molar-refractivity contribution in [3.05, 3.63) is 53.6 Å². The van der Waals surface area contributed by atoms with Gasteiger partial charge in [0, 0.05) is 0 Å². The summed E-state index contributed by atoms with van der Waals surface area (Å²) < 4.78 is 45.0. The van der Waals surface area contributed by atoms with Crippen LogP contribution in [0.1, 0.15) is 279 Å². The Labute approximate surface area is 382 Å². The van der Waals surface area contributed by atoms with E-state index >= 15 is 0 Å². The molecule has 0 spiro atoms. The molecule has 62 heavy (non-hydrogen) atoms. The fourth-order valence-electron chi connectivity index (χ4n) is 8.07. The molecule has 0 amide bonds. The minimum absolute atomic E-state index is 0.0939. The fraction of sp³-hybridized carbons (Fsp3) is 0.778. The van der Waals surface area contributed by atoms with Crippen LogP contribution in [0.3, 0.4) is 0 Å². The van der Waals surface area contributed by atoms with Crippen molar-refractivity contribution in [3.63, 3.8) is 0 Å². The van der Waals surface area contributed by atoms with Crippen LogP contribution in [-0.4, -0.2) is 38.1 Å². The van der Waals surface area contributed by atoms with Crippen LogP contribution in [0.4, 0.5) is 0 Å². The summed E-state index contributed by atoms with van der Waals surface area (Å²) in [6.45, 7) is 4.80. The van der Waals surface area contributed by atoms with Crippen LogP contribution in [0.25, 0.3) is 0 Å². The molecular weight excluding hydrogens is 793 g/mol.